The van der Waals surface area contributed by atoms with Crippen molar-refractivity contribution in [3.05, 3.63) is 60.6 Å². The molecule has 0 unspecified atom stereocenters. The van der Waals surface area contributed by atoms with Gasteiger partial charge in [-0.3, -0.25) is 9.58 Å². The van der Waals surface area contributed by atoms with Crippen LogP contribution in [0.2, 0.25) is 0 Å². The van der Waals surface area contributed by atoms with Gasteiger partial charge in [0.2, 0.25) is 11.6 Å². The third-order valence-electron chi connectivity index (χ3n) is 8.04. The molecule has 7 rings (SSSR count). The Morgan fingerprint density at radius 3 is 2.53 bits per heavy atom. The molecule has 0 N–H and O–H groups in total. The molecule has 2 saturated heterocycles. The number of likely N-dealkylation sites (N-methyl/N-ethyl adjacent to an activating group) is 1. The number of anilines is 1. The fourth-order valence-corrected chi connectivity index (χ4v) is 5.51. The predicted molar refractivity (Wildman–Crippen MR) is 157 cm³/mol. The molecule has 14 heteroatoms. The normalized spacial score (nSPS) is 18.5. The van der Waals surface area contributed by atoms with Crippen LogP contribution in [0.1, 0.15) is 5.56 Å². The number of hydrogen-bond donors (Lipinski definition) is 0. The SMILES string of the molecule is CN1CCN(Cc2ccc(-c3cnc(N4CCO[C@@H](Cn5nnc6ncc(-c7cnn(C)c7)nc65)C4)nc3)cc2F)CC1. The molecule has 2 aliphatic heterocycles. The van der Waals surface area contributed by atoms with E-state index >= 15 is 4.39 Å². The molecule has 2 aliphatic rings. The zero-order chi connectivity index (χ0) is 29.3. The first kappa shape index (κ1) is 27.4. The van der Waals surface area contributed by atoms with Gasteiger partial charge in [-0.05, 0) is 18.7 Å². The Balaban J connectivity index is 1.01. The summed E-state index contributed by atoms with van der Waals surface area (Å²) in [6.45, 7) is 6.75. The highest BCUT2D eigenvalue weighted by Crippen LogP contribution is 2.24. The third-order valence-corrected chi connectivity index (χ3v) is 8.04. The van der Waals surface area contributed by atoms with Crippen LogP contribution in [0.25, 0.3) is 33.7 Å². The standard InChI is InChI=1S/C29H33FN12O/c1-38-5-7-40(8-6-38)17-21-4-3-20(11-25(21)30)22-12-32-29(33-13-22)41-9-10-43-24(18-41)19-42-28-27(36-37-42)31-15-26(35-28)23-14-34-39(2)16-23/h3-4,11-16,24H,5-10,17-19H2,1-2H3/t24-/m1/s1. The van der Waals surface area contributed by atoms with E-state index < -0.39 is 0 Å². The van der Waals surface area contributed by atoms with E-state index in [2.05, 4.69) is 52.1 Å². The average molecular weight is 585 g/mol. The second-order valence-electron chi connectivity index (χ2n) is 11.2. The van der Waals surface area contributed by atoms with Crippen molar-refractivity contribution in [2.24, 2.45) is 7.05 Å². The van der Waals surface area contributed by atoms with Gasteiger partial charge in [-0.15, -0.1) is 5.10 Å². The second kappa shape index (κ2) is 11.7. The van der Waals surface area contributed by atoms with Crippen molar-refractivity contribution in [2.45, 2.75) is 19.2 Å². The van der Waals surface area contributed by atoms with E-state index in [0.717, 1.165) is 42.9 Å². The molecule has 222 valence electrons. The lowest BCUT2D eigenvalue weighted by Crippen LogP contribution is -2.45. The summed E-state index contributed by atoms with van der Waals surface area (Å²) < 4.78 is 24.5. The first-order valence-electron chi connectivity index (χ1n) is 14.4. The summed E-state index contributed by atoms with van der Waals surface area (Å²) in [6.07, 6.45) is 8.64. The van der Waals surface area contributed by atoms with Gasteiger partial charge in [-0.25, -0.2) is 29.0 Å². The molecule has 0 spiro atoms. The number of rotatable bonds is 7. The first-order valence-corrected chi connectivity index (χ1v) is 14.4. The van der Waals surface area contributed by atoms with Gasteiger partial charge in [-0.2, -0.15) is 5.10 Å². The zero-order valence-electron chi connectivity index (χ0n) is 24.2. The molecule has 6 heterocycles. The van der Waals surface area contributed by atoms with E-state index in [9.17, 15) is 0 Å². The van der Waals surface area contributed by atoms with E-state index in [1.165, 1.54) is 0 Å². The van der Waals surface area contributed by atoms with E-state index in [1.54, 1.807) is 40.2 Å². The molecule has 0 saturated carbocycles. The molecule has 43 heavy (non-hydrogen) atoms. The van der Waals surface area contributed by atoms with Crippen molar-refractivity contribution in [1.82, 2.24) is 54.5 Å². The van der Waals surface area contributed by atoms with E-state index in [4.69, 9.17) is 9.72 Å². The molecule has 13 nitrogen and oxygen atoms in total. The number of halogens is 1. The summed E-state index contributed by atoms with van der Waals surface area (Å²) in [7, 11) is 3.98. The molecule has 4 aromatic heterocycles. The molecular formula is C29H33FN12O. The van der Waals surface area contributed by atoms with Crippen LogP contribution in [0, 0.1) is 5.82 Å². The van der Waals surface area contributed by atoms with Crippen molar-refractivity contribution in [1.29, 1.82) is 0 Å². The maximum Gasteiger partial charge on any atom is 0.225 e. The molecule has 0 amide bonds. The van der Waals surface area contributed by atoms with Gasteiger partial charge in [0.15, 0.2) is 5.65 Å². The van der Waals surface area contributed by atoms with Gasteiger partial charge >= 0.3 is 0 Å². The summed E-state index contributed by atoms with van der Waals surface area (Å²) >= 11 is 0. The third kappa shape index (κ3) is 5.94. The van der Waals surface area contributed by atoms with Crippen LogP contribution in [0.5, 0.6) is 0 Å². The maximum atomic E-state index is 15.0. The molecule has 2 fully saturated rings. The Bertz CT molecular complexity index is 1710. The van der Waals surface area contributed by atoms with Crippen LogP contribution in [0.3, 0.4) is 0 Å². The lowest BCUT2D eigenvalue weighted by molar-refractivity contribution is 0.0273. The molecule has 0 bridgehead atoms. The summed E-state index contributed by atoms with van der Waals surface area (Å²) in [5.74, 6) is 0.403. The van der Waals surface area contributed by atoms with Crippen molar-refractivity contribution in [2.75, 3.05) is 57.8 Å². The quantitative estimate of drug-likeness (QED) is 0.279. The highest BCUT2D eigenvalue weighted by molar-refractivity contribution is 5.69. The van der Waals surface area contributed by atoms with Crippen LogP contribution in [0.15, 0.2) is 49.2 Å². The Morgan fingerprint density at radius 2 is 1.77 bits per heavy atom. The Hall–Kier alpha value is -4.40. The summed E-state index contributed by atoms with van der Waals surface area (Å²) in [5, 5.41) is 12.7. The van der Waals surface area contributed by atoms with Gasteiger partial charge in [0.25, 0.3) is 0 Å². The van der Waals surface area contributed by atoms with Crippen LogP contribution in [-0.4, -0.2) is 114 Å². The minimum Gasteiger partial charge on any atom is -0.373 e. The van der Waals surface area contributed by atoms with E-state index in [0.29, 0.717) is 61.3 Å². The Morgan fingerprint density at radius 1 is 0.930 bits per heavy atom. The minimum absolute atomic E-state index is 0.173. The number of morpholine rings is 1. The number of aryl methyl sites for hydroxylation is 1. The number of ether oxygens (including phenoxy) is 1. The first-order chi connectivity index (χ1) is 21.0. The average Bonchev–Trinajstić information content (AvgIpc) is 3.65. The molecule has 0 aliphatic carbocycles. The molecular weight excluding hydrogens is 551 g/mol. The fourth-order valence-electron chi connectivity index (χ4n) is 5.51. The van der Waals surface area contributed by atoms with E-state index in [1.807, 2.05) is 25.4 Å². The van der Waals surface area contributed by atoms with Gasteiger partial charge in [0.1, 0.15) is 5.82 Å². The largest absolute Gasteiger partial charge is 0.373 e. The van der Waals surface area contributed by atoms with Crippen molar-refractivity contribution in [3.63, 3.8) is 0 Å². The molecule has 1 aromatic carbocycles. The van der Waals surface area contributed by atoms with Gasteiger partial charge in [0.05, 0.1) is 37.3 Å². The Kier molecular flexibility index (Phi) is 7.47. The highest BCUT2D eigenvalue weighted by atomic mass is 19.1. The van der Waals surface area contributed by atoms with E-state index in [-0.39, 0.29) is 11.9 Å². The summed E-state index contributed by atoms with van der Waals surface area (Å²) in [5.41, 5.74) is 4.88. The van der Waals surface area contributed by atoms with Crippen molar-refractivity contribution in [3.8, 4) is 22.4 Å². The lowest BCUT2D eigenvalue weighted by atomic mass is 10.1. The van der Waals surface area contributed by atoms with Crippen LogP contribution in [0.4, 0.5) is 10.3 Å². The van der Waals surface area contributed by atoms with Gasteiger partial charge in [-0.1, -0.05) is 17.3 Å². The highest BCUT2D eigenvalue weighted by Gasteiger charge is 2.25. The van der Waals surface area contributed by atoms with Gasteiger partial charge in [0, 0.05) is 88.1 Å². The summed E-state index contributed by atoms with van der Waals surface area (Å²) in [6, 6.07) is 5.41. The molecule has 0 radical (unpaired) electrons. The number of hydrogen-bond acceptors (Lipinski definition) is 11. The van der Waals surface area contributed by atoms with Crippen LogP contribution in [-0.2, 0) is 24.9 Å². The zero-order valence-corrected chi connectivity index (χ0v) is 24.2. The van der Waals surface area contributed by atoms with Crippen molar-refractivity contribution < 1.29 is 9.13 Å². The molecule has 1 atom stereocenters. The lowest BCUT2D eigenvalue weighted by Gasteiger charge is -2.32. The fraction of sp³-hybridized carbons (Fsp3) is 0.414. The Labute approximate surface area is 247 Å². The monoisotopic (exact) mass is 584 g/mol. The molecule has 5 aromatic rings. The summed E-state index contributed by atoms with van der Waals surface area (Å²) in [4.78, 5) is 25.1. The smallest absolute Gasteiger partial charge is 0.225 e. The number of piperazine rings is 1. The number of aromatic nitrogens is 9. The van der Waals surface area contributed by atoms with Crippen LogP contribution >= 0.6 is 0 Å². The van der Waals surface area contributed by atoms with Gasteiger partial charge < -0.3 is 14.5 Å². The predicted octanol–water partition coefficient (Wildman–Crippen LogP) is 1.87. The van der Waals surface area contributed by atoms with Crippen molar-refractivity contribution >= 4 is 17.2 Å². The minimum atomic E-state index is -0.200. The number of benzene rings is 1. The number of nitrogens with zero attached hydrogens (tertiary/aromatic N) is 12. The topological polar surface area (TPSA) is 119 Å². The maximum absolute atomic E-state index is 15.0. The second-order valence-corrected chi connectivity index (χ2v) is 11.2. The van der Waals surface area contributed by atoms with Crippen LogP contribution < -0.4 is 4.90 Å². The number of fused-ring (bicyclic) bond motifs is 1.